The van der Waals surface area contributed by atoms with E-state index >= 15 is 0 Å². The molecule has 0 aliphatic heterocycles. The maximum atomic E-state index is 12.9. The fraction of sp³-hybridized carbons (Fsp3) is 0.250. The molecule has 0 fully saturated rings. The number of rotatable bonds is 1. The summed E-state index contributed by atoms with van der Waals surface area (Å²) in [6.07, 6.45) is -2.82. The Morgan fingerprint density at radius 3 is 2.33 bits per heavy atom. The lowest BCUT2D eigenvalue weighted by Crippen LogP contribution is -1.95. The highest BCUT2D eigenvalue weighted by Gasteiger charge is 2.18. The molecule has 0 aromatic heterocycles. The van der Waals surface area contributed by atoms with Crippen molar-refractivity contribution in [3.63, 3.8) is 0 Å². The summed E-state index contributed by atoms with van der Waals surface area (Å²) in [5.74, 6) is -1.02. The zero-order valence-corrected chi connectivity index (χ0v) is 7.00. The van der Waals surface area contributed by atoms with Crippen molar-refractivity contribution >= 4 is 11.6 Å². The van der Waals surface area contributed by atoms with Gasteiger partial charge in [-0.15, -0.1) is 0 Å². The average molecular weight is 195 g/mol. The van der Waals surface area contributed by atoms with Crippen LogP contribution < -0.4 is 0 Å². The zero-order valence-electron chi connectivity index (χ0n) is 6.24. The summed E-state index contributed by atoms with van der Waals surface area (Å²) < 4.78 is 37.2. The lowest BCUT2D eigenvalue weighted by Gasteiger charge is -2.06. The molecule has 0 heterocycles. The van der Waals surface area contributed by atoms with E-state index in [9.17, 15) is 13.2 Å². The Kier molecular flexibility index (Phi) is 2.62. The van der Waals surface area contributed by atoms with E-state index in [0.717, 1.165) is 0 Å². The van der Waals surface area contributed by atoms with Gasteiger partial charge in [0.05, 0.1) is 10.6 Å². The van der Waals surface area contributed by atoms with Gasteiger partial charge in [0.1, 0.15) is 0 Å². The minimum Gasteiger partial charge on any atom is -0.205 e. The molecule has 0 N–H and O–H groups in total. The second kappa shape index (κ2) is 3.35. The molecule has 0 saturated carbocycles. The van der Waals surface area contributed by atoms with Crippen molar-refractivity contribution in [1.29, 1.82) is 0 Å². The lowest BCUT2D eigenvalue weighted by atomic mass is 10.1. The van der Waals surface area contributed by atoms with Crippen LogP contribution in [0.4, 0.5) is 13.2 Å². The Bertz CT molecular complexity index is 297. The topological polar surface area (TPSA) is 0 Å². The largest absolute Gasteiger partial charge is 0.266 e. The molecule has 0 saturated heterocycles. The number of alkyl halides is 2. The van der Waals surface area contributed by atoms with Gasteiger partial charge in [0, 0.05) is 0 Å². The van der Waals surface area contributed by atoms with Crippen LogP contribution in [0.1, 0.15) is 17.6 Å². The molecule has 0 unspecified atom stereocenters. The van der Waals surface area contributed by atoms with Gasteiger partial charge in [0.25, 0.3) is 6.43 Å². The molecule has 0 radical (unpaired) electrons. The molecule has 0 atom stereocenters. The highest BCUT2D eigenvalue weighted by Crippen LogP contribution is 2.29. The number of benzene rings is 1. The van der Waals surface area contributed by atoms with E-state index < -0.39 is 17.8 Å². The molecular weight excluding hydrogens is 189 g/mol. The zero-order chi connectivity index (χ0) is 9.30. The average Bonchev–Trinajstić information content (AvgIpc) is 1.97. The number of hydrogen-bond donors (Lipinski definition) is 0. The van der Waals surface area contributed by atoms with E-state index in [1.807, 2.05) is 0 Å². The van der Waals surface area contributed by atoms with Crippen LogP contribution in [-0.4, -0.2) is 0 Å². The third-order valence-electron chi connectivity index (χ3n) is 1.57. The van der Waals surface area contributed by atoms with Crippen LogP contribution in [0.15, 0.2) is 12.1 Å². The summed E-state index contributed by atoms with van der Waals surface area (Å²) in [4.78, 5) is 0. The van der Waals surface area contributed by atoms with Crippen molar-refractivity contribution in [2.24, 2.45) is 0 Å². The van der Waals surface area contributed by atoms with Gasteiger partial charge in [-0.05, 0) is 18.6 Å². The Labute approximate surface area is 73.0 Å². The third-order valence-corrected chi connectivity index (χ3v) is 1.86. The van der Waals surface area contributed by atoms with Crippen molar-refractivity contribution < 1.29 is 13.2 Å². The molecule has 1 rings (SSSR count). The summed E-state index contributed by atoms with van der Waals surface area (Å²) in [5, 5.41) is -0.268. The molecule has 1 aromatic carbocycles. The van der Waals surface area contributed by atoms with E-state index in [1.54, 1.807) is 0 Å². The number of halogens is 4. The SMILES string of the molecule is Cc1ccc(Cl)c(F)c1C(F)F. The second-order valence-electron chi connectivity index (χ2n) is 2.39. The van der Waals surface area contributed by atoms with Gasteiger partial charge in [-0.1, -0.05) is 17.7 Å². The van der Waals surface area contributed by atoms with Gasteiger partial charge in [0.2, 0.25) is 0 Å². The van der Waals surface area contributed by atoms with Gasteiger partial charge in [-0.3, -0.25) is 0 Å². The Morgan fingerprint density at radius 2 is 1.92 bits per heavy atom. The highest BCUT2D eigenvalue weighted by molar-refractivity contribution is 6.30. The molecule has 12 heavy (non-hydrogen) atoms. The van der Waals surface area contributed by atoms with Crippen molar-refractivity contribution in [2.45, 2.75) is 13.3 Å². The summed E-state index contributed by atoms with van der Waals surface area (Å²) in [5.41, 5.74) is -0.394. The lowest BCUT2D eigenvalue weighted by molar-refractivity contribution is 0.145. The molecule has 0 aliphatic rings. The van der Waals surface area contributed by atoms with Crippen LogP contribution in [-0.2, 0) is 0 Å². The Hall–Kier alpha value is -0.700. The normalized spacial score (nSPS) is 10.8. The maximum Gasteiger partial charge on any atom is 0.266 e. The van der Waals surface area contributed by atoms with E-state index in [-0.39, 0.29) is 10.6 Å². The standard InChI is InChI=1S/C8H6ClF3/c1-4-2-3-5(9)7(10)6(4)8(11)12/h2-3,8H,1H3. The molecule has 4 heteroatoms. The van der Waals surface area contributed by atoms with E-state index in [0.29, 0.717) is 0 Å². The van der Waals surface area contributed by atoms with Crippen LogP contribution in [0.25, 0.3) is 0 Å². The second-order valence-corrected chi connectivity index (χ2v) is 2.80. The van der Waals surface area contributed by atoms with Gasteiger partial charge < -0.3 is 0 Å². The summed E-state index contributed by atoms with van der Waals surface area (Å²) in [7, 11) is 0. The van der Waals surface area contributed by atoms with Gasteiger partial charge in [-0.2, -0.15) is 0 Å². The highest BCUT2D eigenvalue weighted by atomic mass is 35.5. The van der Waals surface area contributed by atoms with Crippen molar-refractivity contribution in [2.75, 3.05) is 0 Å². The molecule has 0 amide bonds. The van der Waals surface area contributed by atoms with Gasteiger partial charge >= 0.3 is 0 Å². The fourth-order valence-electron chi connectivity index (χ4n) is 0.931. The third kappa shape index (κ3) is 1.55. The Balaban J connectivity index is 3.33. The maximum absolute atomic E-state index is 12.9. The van der Waals surface area contributed by atoms with Crippen molar-refractivity contribution in [1.82, 2.24) is 0 Å². The van der Waals surface area contributed by atoms with Crippen molar-refractivity contribution in [3.05, 3.63) is 34.1 Å². The van der Waals surface area contributed by atoms with Crippen molar-refractivity contribution in [3.8, 4) is 0 Å². The fourth-order valence-corrected chi connectivity index (χ4v) is 1.10. The molecule has 0 aliphatic carbocycles. The van der Waals surface area contributed by atoms with E-state index in [2.05, 4.69) is 0 Å². The van der Waals surface area contributed by atoms with Gasteiger partial charge in [0.15, 0.2) is 5.82 Å². The first-order chi connectivity index (χ1) is 5.54. The first-order valence-electron chi connectivity index (χ1n) is 3.26. The van der Waals surface area contributed by atoms with E-state index in [4.69, 9.17) is 11.6 Å². The number of hydrogen-bond acceptors (Lipinski definition) is 0. The molecule has 0 spiro atoms. The predicted molar refractivity (Wildman–Crippen MR) is 41.1 cm³/mol. The minimum atomic E-state index is -2.82. The predicted octanol–water partition coefficient (Wildman–Crippen LogP) is 3.73. The molecule has 0 nitrogen and oxygen atoms in total. The van der Waals surface area contributed by atoms with Crippen LogP contribution in [0.2, 0.25) is 5.02 Å². The van der Waals surface area contributed by atoms with Crippen LogP contribution >= 0.6 is 11.6 Å². The van der Waals surface area contributed by atoms with Crippen LogP contribution in [0.3, 0.4) is 0 Å². The minimum absolute atomic E-state index is 0.215. The van der Waals surface area contributed by atoms with E-state index in [1.165, 1.54) is 19.1 Å². The Morgan fingerprint density at radius 1 is 1.33 bits per heavy atom. The summed E-state index contributed by atoms with van der Waals surface area (Å²) >= 11 is 5.32. The first-order valence-corrected chi connectivity index (χ1v) is 3.64. The molecule has 1 aromatic rings. The molecular formula is C8H6ClF3. The monoisotopic (exact) mass is 194 g/mol. The number of aryl methyl sites for hydroxylation is 1. The summed E-state index contributed by atoms with van der Waals surface area (Å²) in [6, 6.07) is 2.63. The molecule has 66 valence electrons. The smallest absolute Gasteiger partial charge is 0.205 e. The first kappa shape index (κ1) is 9.39. The quantitative estimate of drug-likeness (QED) is 0.639. The summed E-state index contributed by atoms with van der Waals surface area (Å²) in [6.45, 7) is 1.42. The molecule has 0 bridgehead atoms. The van der Waals surface area contributed by atoms with Crippen LogP contribution in [0.5, 0.6) is 0 Å². The van der Waals surface area contributed by atoms with Gasteiger partial charge in [-0.25, -0.2) is 13.2 Å². The van der Waals surface area contributed by atoms with Crippen LogP contribution in [0, 0.1) is 12.7 Å².